The monoisotopic (exact) mass is 1320 g/mol. The summed E-state index contributed by atoms with van der Waals surface area (Å²) in [4.78, 5) is 159. The lowest BCUT2D eigenvalue weighted by atomic mass is 9.78. The number of esters is 14. The minimum absolute atomic E-state index is 0.0646. The van der Waals surface area contributed by atoms with Gasteiger partial charge in [-0.15, -0.1) is 0 Å². The molecule has 12 fully saturated rings. The van der Waals surface area contributed by atoms with E-state index < -0.39 is 120 Å². The molecule has 20 atom stereocenters. The Kier molecular flexibility index (Phi) is 23.1. The Bertz CT molecular complexity index is 3130. The molecule has 94 heavy (non-hydrogen) atoms. The van der Waals surface area contributed by atoms with Crippen molar-refractivity contribution in [2.45, 2.75) is 161 Å². The molecule has 4 saturated carbocycles. The molecular formula is C65H78O29. The van der Waals surface area contributed by atoms with Gasteiger partial charge in [-0.2, -0.15) is 0 Å². The van der Waals surface area contributed by atoms with Crippen molar-refractivity contribution in [3.05, 3.63) is 72.9 Å². The van der Waals surface area contributed by atoms with Crippen LogP contribution in [0.2, 0.25) is 0 Å². The van der Waals surface area contributed by atoms with Crippen LogP contribution in [-0.4, -0.2) is 184 Å². The molecule has 0 aromatic rings. The van der Waals surface area contributed by atoms with Gasteiger partial charge in [0.2, 0.25) is 6.10 Å². The zero-order valence-corrected chi connectivity index (χ0v) is 53.6. The van der Waals surface area contributed by atoms with E-state index in [1.165, 1.54) is 21.0 Å². The van der Waals surface area contributed by atoms with Crippen LogP contribution >= 0.6 is 0 Å². The van der Waals surface area contributed by atoms with Crippen molar-refractivity contribution >= 4 is 83.6 Å². The van der Waals surface area contributed by atoms with E-state index in [4.69, 9.17) is 61.6 Å². The first-order valence-electron chi connectivity index (χ1n) is 30.3. The van der Waals surface area contributed by atoms with Crippen molar-refractivity contribution in [2.75, 3.05) is 33.5 Å². The number of rotatable bonds is 15. The molecule has 8 heterocycles. The maximum absolute atomic E-state index is 12.0. The van der Waals surface area contributed by atoms with E-state index >= 15 is 0 Å². The van der Waals surface area contributed by atoms with Crippen LogP contribution in [0, 0.1) is 53.3 Å². The number of hydrogen-bond acceptors (Lipinski definition) is 29. The quantitative estimate of drug-likeness (QED) is 0.129. The summed E-state index contributed by atoms with van der Waals surface area (Å²) < 4.78 is 75.6. The SMILES string of the molecule is C=C(C)C(=O)OC1(C)COC(=O)C1C.C=C(C)C(=O)OC1C2CC3C(=O)OC1C3C2.C=C(C)C(=O)OC1C2CC3C(=O)OC1C3O2.C=C(C)C(=O)OC1CCOC1=O.C=C(C)C(=O)OC1COC(=O)C1.C=C(C)C(=O)OCC(=O)OC1C2CC3C1OC(=O)C3C2C(=O)OC. The molecule has 0 amide bonds. The highest BCUT2D eigenvalue weighted by atomic mass is 16.7. The number of carbonyl (C=O) groups is 14. The summed E-state index contributed by atoms with van der Waals surface area (Å²) in [5.41, 5.74) is 0.975. The third-order valence-corrected chi connectivity index (χ3v) is 17.7. The van der Waals surface area contributed by atoms with Gasteiger partial charge in [-0.05, 0) is 81.1 Å². The average molecular weight is 1320 g/mol. The van der Waals surface area contributed by atoms with Crippen molar-refractivity contribution in [2.24, 2.45) is 53.3 Å². The Labute approximate surface area is 540 Å². The third-order valence-electron chi connectivity index (χ3n) is 17.7. The molecule has 0 spiro atoms. The average Bonchev–Trinajstić information content (AvgIpc) is 1.57. The zero-order chi connectivity index (χ0) is 69.7. The van der Waals surface area contributed by atoms with Crippen LogP contribution in [0.15, 0.2) is 72.9 Å². The van der Waals surface area contributed by atoms with Gasteiger partial charge in [0.25, 0.3) is 0 Å². The minimum atomic E-state index is -0.854. The van der Waals surface area contributed by atoms with Crippen LogP contribution in [-0.2, 0) is 138 Å². The lowest BCUT2D eigenvalue weighted by molar-refractivity contribution is -0.171. The molecule has 20 unspecified atom stereocenters. The smallest absolute Gasteiger partial charge is 0.347 e. The van der Waals surface area contributed by atoms with Crippen LogP contribution < -0.4 is 0 Å². The Morgan fingerprint density at radius 2 is 1.09 bits per heavy atom. The van der Waals surface area contributed by atoms with Crippen molar-refractivity contribution in [1.82, 2.24) is 0 Å². The van der Waals surface area contributed by atoms with E-state index in [1.807, 2.05) is 0 Å². The highest BCUT2D eigenvalue weighted by Gasteiger charge is 2.70. The normalized spacial score (nSPS) is 33.9. The lowest BCUT2D eigenvalue weighted by Crippen LogP contribution is -2.44. The molecule has 0 aromatic heterocycles. The van der Waals surface area contributed by atoms with Gasteiger partial charge in [0, 0.05) is 63.5 Å². The number of methoxy groups -OCH3 is 1. The Morgan fingerprint density at radius 1 is 0.532 bits per heavy atom. The molecule has 29 heteroatoms. The summed E-state index contributed by atoms with van der Waals surface area (Å²) in [5.74, 6) is -7.81. The molecule has 0 radical (unpaired) electrons. The van der Waals surface area contributed by atoms with E-state index in [1.54, 1.807) is 41.5 Å². The fourth-order valence-electron chi connectivity index (χ4n) is 12.7. The van der Waals surface area contributed by atoms with Crippen molar-refractivity contribution < 1.29 is 138 Å². The van der Waals surface area contributed by atoms with Gasteiger partial charge >= 0.3 is 83.6 Å². The maximum Gasteiger partial charge on any atom is 0.347 e. The topological polar surface area (TPSA) is 377 Å². The summed E-state index contributed by atoms with van der Waals surface area (Å²) in [7, 11) is 1.25. The highest BCUT2D eigenvalue weighted by Crippen LogP contribution is 2.59. The van der Waals surface area contributed by atoms with Crippen molar-refractivity contribution in [3.63, 3.8) is 0 Å². The molecule has 0 aromatic carbocycles. The standard InChI is InChI=1S/C16H18O8.C12H14O4.C11H12O5.C10H14O4.2C8H10O4/c1-6(2)14(18)22-5-9(17)23-12-7-4-8-11(10(7)15(19)21-3)16(20)24-13(8)12;1-5(2)11(13)15-9-6-3-7-8(4-6)12(14)16-10(7)9;1-4(2)10(12)15-8-6-3-5-7(14-6)9(8)16-11(5)13;1-6(2)8(11)14-10(4)5-13-9(12)7(10)3;1-5(2)8(10)12-6-3-7(9)11-4-6;1-5(2)7(9)12-6-3-4-11-8(6)10/h7-8,10-13H,1,4-5H2,2-3H3;6-10H,1,3-4H2,2H3;5-9H,1,3H2,2H3;7H,1,5H2,2-4H3;2*6H,1,3-4H2,2H3. The number of carbonyl (C=O) groups excluding carboxylic acids is 14. The Balaban J connectivity index is 0.000000163. The molecular weight excluding hydrogens is 1240 g/mol. The van der Waals surface area contributed by atoms with Crippen LogP contribution in [0.5, 0.6) is 0 Å². The molecule has 8 aliphatic heterocycles. The molecule has 12 rings (SSSR count). The first-order valence-corrected chi connectivity index (χ1v) is 30.3. The van der Waals surface area contributed by atoms with E-state index in [0.717, 1.165) is 12.8 Å². The molecule has 6 bridgehead atoms. The van der Waals surface area contributed by atoms with Crippen LogP contribution in [0.4, 0.5) is 0 Å². The van der Waals surface area contributed by atoms with Crippen molar-refractivity contribution in [1.29, 1.82) is 0 Å². The van der Waals surface area contributed by atoms with Crippen LogP contribution in [0.3, 0.4) is 0 Å². The summed E-state index contributed by atoms with van der Waals surface area (Å²) in [5, 5.41) is 0. The molecule has 512 valence electrons. The second kappa shape index (κ2) is 29.9. The van der Waals surface area contributed by atoms with Crippen molar-refractivity contribution in [3.8, 4) is 0 Å². The largest absolute Gasteiger partial charge is 0.469 e. The molecule has 29 nitrogen and oxygen atoms in total. The van der Waals surface area contributed by atoms with Crippen LogP contribution in [0.25, 0.3) is 0 Å². The first-order chi connectivity index (χ1) is 44.1. The summed E-state index contributed by atoms with van der Waals surface area (Å²) in [6, 6.07) is 0. The number of cyclic esters (lactones) is 3. The van der Waals surface area contributed by atoms with Gasteiger partial charge in [0.1, 0.15) is 49.8 Å². The second-order valence-corrected chi connectivity index (χ2v) is 25.1. The lowest BCUT2D eigenvalue weighted by Gasteiger charge is -2.29. The Hall–Kier alpha value is -9.02. The predicted octanol–water partition coefficient (Wildman–Crippen LogP) is 3.14. The highest BCUT2D eigenvalue weighted by molar-refractivity contribution is 5.92. The van der Waals surface area contributed by atoms with Gasteiger partial charge in [-0.1, -0.05) is 39.5 Å². The zero-order valence-electron chi connectivity index (χ0n) is 53.6. The predicted molar refractivity (Wildman–Crippen MR) is 312 cm³/mol. The van der Waals surface area contributed by atoms with Crippen LogP contribution in [0.1, 0.15) is 93.9 Å². The minimum Gasteiger partial charge on any atom is -0.469 e. The fraction of sp³-hybridized carbons (Fsp3) is 0.600. The molecule has 0 N–H and O–H groups in total. The number of hydrogen-bond donors (Lipinski definition) is 0. The van der Waals surface area contributed by atoms with Gasteiger partial charge in [0.05, 0.1) is 55.8 Å². The number of ether oxygens (including phenoxy) is 15. The van der Waals surface area contributed by atoms with E-state index in [0.29, 0.717) is 54.1 Å². The first kappa shape index (κ1) is 72.4. The van der Waals surface area contributed by atoms with Gasteiger partial charge in [0.15, 0.2) is 24.4 Å². The van der Waals surface area contributed by atoms with E-state index in [-0.39, 0.29) is 115 Å². The third kappa shape index (κ3) is 16.1. The van der Waals surface area contributed by atoms with E-state index in [2.05, 4.69) is 48.9 Å². The molecule has 12 aliphatic rings. The summed E-state index contributed by atoms with van der Waals surface area (Å²) in [6.45, 7) is 33.5. The van der Waals surface area contributed by atoms with Gasteiger partial charge < -0.3 is 71.1 Å². The van der Waals surface area contributed by atoms with Gasteiger partial charge in [-0.25, -0.2) is 38.4 Å². The summed E-state index contributed by atoms with van der Waals surface area (Å²) in [6.07, 6.45) is -0.649. The Morgan fingerprint density at radius 3 is 1.63 bits per heavy atom. The van der Waals surface area contributed by atoms with E-state index in [9.17, 15) is 67.1 Å². The molecule has 8 saturated heterocycles. The number of fused-ring (bicyclic) bond motifs is 3. The summed E-state index contributed by atoms with van der Waals surface area (Å²) >= 11 is 0. The maximum atomic E-state index is 12.0. The molecule has 4 aliphatic carbocycles. The second-order valence-electron chi connectivity index (χ2n) is 25.1. The van der Waals surface area contributed by atoms with Gasteiger partial charge in [-0.3, -0.25) is 28.8 Å². The fourth-order valence-corrected chi connectivity index (χ4v) is 12.7.